The Morgan fingerprint density at radius 3 is 2.80 bits per heavy atom. The van der Waals surface area contributed by atoms with Gasteiger partial charge in [0.15, 0.2) is 0 Å². The lowest BCUT2D eigenvalue weighted by atomic mass is 9.83. The van der Waals surface area contributed by atoms with E-state index in [1.54, 1.807) is 17.0 Å². The van der Waals surface area contributed by atoms with Gasteiger partial charge < -0.3 is 14.4 Å². The number of halogens is 1. The van der Waals surface area contributed by atoms with Crippen LogP contribution in [-0.2, 0) is 21.7 Å². The largest absolute Gasteiger partial charge is 0.444 e. The molecule has 1 spiro atoms. The third-order valence-electron chi connectivity index (χ3n) is 4.53. The van der Waals surface area contributed by atoms with Gasteiger partial charge in [-0.05, 0) is 44.4 Å². The second-order valence-electron chi connectivity index (χ2n) is 7.42. The first-order valence-electron chi connectivity index (χ1n) is 8.16. The van der Waals surface area contributed by atoms with E-state index in [0.29, 0.717) is 26.1 Å². The second kappa shape index (κ2) is 6.25. The predicted molar refractivity (Wildman–Crippen MR) is 94.7 cm³/mol. The highest BCUT2D eigenvalue weighted by molar-refractivity contribution is 9.09. The Kier molecular flexibility index (Phi) is 4.53. The molecular weight excluding hydrogens is 392 g/mol. The molecule has 1 fully saturated rings. The van der Waals surface area contributed by atoms with E-state index in [9.17, 15) is 14.9 Å². The summed E-state index contributed by atoms with van der Waals surface area (Å²) in [4.78, 5) is 24.4. The lowest BCUT2D eigenvalue weighted by molar-refractivity contribution is -0.384. The molecular formula is C17H21BrN2O5. The van der Waals surface area contributed by atoms with Crippen molar-refractivity contribution in [1.82, 2.24) is 4.90 Å². The van der Waals surface area contributed by atoms with E-state index in [0.717, 1.165) is 11.1 Å². The maximum Gasteiger partial charge on any atom is 0.410 e. The van der Waals surface area contributed by atoms with Crippen LogP contribution in [0.2, 0.25) is 0 Å². The summed E-state index contributed by atoms with van der Waals surface area (Å²) < 4.78 is 11.5. The highest BCUT2D eigenvalue weighted by Crippen LogP contribution is 2.47. The molecule has 0 aromatic heterocycles. The van der Waals surface area contributed by atoms with E-state index in [2.05, 4.69) is 15.9 Å². The fourth-order valence-electron chi connectivity index (χ4n) is 3.36. The van der Waals surface area contributed by atoms with Gasteiger partial charge in [0, 0.05) is 25.2 Å². The zero-order chi connectivity index (χ0) is 18.4. The van der Waals surface area contributed by atoms with Gasteiger partial charge in [0.05, 0.1) is 16.4 Å². The first-order chi connectivity index (χ1) is 11.6. The van der Waals surface area contributed by atoms with Crippen LogP contribution in [0.5, 0.6) is 0 Å². The Morgan fingerprint density at radius 2 is 2.20 bits per heavy atom. The molecule has 1 amide bonds. The van der Waals surface area contributed by atoms with E-state index in [1.165, 1.54) is 6.07 Å². The van der Waals surface area contributed by atoms with Gasteiger partial charge >= 0.3 is 6.09 Å². The maximum absolute atomic E-state index is 12.3. The van der Waals surface area contributed by atoms with Crippen molar-refractivity contribution in [3.63, 3.8) is 0 Å². The third kappa shape index (κ3) is 3.37. The number of carbonyl (C=O) groups is 1. The van der Waals surface area contributed by atoms with E-state index >= 15 is 0 Å². The molecule has 0 bridgehead atoms. The van der Waals surface area contributed by atoms with E-state index in [1.807, 2.05) is 20.8 Å². The molecule has 0 N–H and O–H groups in total. The number of nitrogens with zero attached hydrogens (tertiary/aromatic N) is 2. The summed E-state index contributed by atoms with van der Waals surface area (Å²) >= 11 is 3.67. The molecule has 25 heavy (non-hydrogen) atoms. The van der Waals surface area contributed by atoms with Gasteiger partial charge in [-0.1, -0.05) is 15.9 Å². The van der Waals surface area contributed by atoms with Gasteiger partial charge in [-0.2, -0.15) is 0 Å². The van der Waals surface area contributed by atoms with Crippen molar-refractivity contribution >= 4 is 27.7 Å². The van der Waals surface area contributed by atoms with Crippen LogP contribution < -0.4 is 0 Å². The normalized spacial score (nSPS) is 25.8. The minimum Gasteiger partial charge on any atom is -0.444 e. The number of likely N-dealkylation sites (tertiary alicyclic amines) is 1. The summed E-state index contributed by atoms with van der Waals surface area (Å²) in [5, 5.41) is 11.0. The summed E-state index contributed by atoms with van der Waals surface area (Å²) in [6.45, 7) is 6.81. The van der Waals surface area contributed by atoms with Gasteiger partial charge in [0.2, 0.25) is 0 Å². The maximum atomic E-state index is 12.3. The number of hydrogen-bond donors (Lipinski definition) is 0. The van der Waals surface area contributed by atoms with Crippen molar-refractivity contribution in [1.29, 1.82) is 0 Å². The van der Waals surface area contributed by atoms with Crippen LogP contribution in [0.15, 0.2) is 18.2 Å². The number of fused-ring (bicyclic) bond motifs is 2. The van der Waals surface area contributed by atoms with Crippen molar-refractivity contribution in [3.8, 4) is 0 Å². The van der Waals surface area contributed by atoms with Crippen molar-refractivity contribution in [3.05, 3.63) is 39.4 Å². The molecule has 1 aromatic carbocycles. The number of benzene rings is 1. The van der Waals surface area contributed by atoms with Crippen LogP contribution in [0.1, 0.15) is 38.3 Å². The number of carbonyl (C=O) groups excluding carboxylic acids is 1. The summed E-state index contributed by atoms with van der Waals surface area (Å²) in [6, 6.07) is 4.86. The minimum atomic E-state index is -0.566. The van der Waals surface area contributed by atoms with E-state index in [-0.39, 0.29) is 16.6 Å². The summed E-state index contributed by atoms with van der Waals surface area (Å²) in [6.07, 6.45) is 0.265. The standard InChI is InChI=1S/C17H21BrN2O5/c1-16(2,3)25-15(21)19-7-6-17(14(18)9-19)13-5-4-12(20(22)23)8-11(13)10-24-17/h4-5,8,14H,6-7,9-10H2,1-3H3. The average Bonchev–Trinajstić information content (AvgIpc) is 2.87. The van der Waals surface area contributed by atoms with Crippen molar-refractivity contribution in [2.24, 2.45) is 0 Å². The monoisotopic (exact) mass is 412 g/mol. The Balaban J connectivity index is 1.79. The molecule has 136 valence electrons. The quantitative estimate of drug-likeness (QED) is 0.398. The third-order valence-corrected chi connectivity index (χ3v) is 5.56. The van der Waals surface area contributed by atoms with Crippen LogP contribution in [0, 0.1) is 10.1 Å². The average molecular weight is 413 g/mol. The molecule has 1 saturated heterocycles. The SMILES string of the molecule is CC(C)(C)OC(=O)N1CCC2(OCc3cc([N+](=O)[O-])ccc32)C(Br)C1. The summed E-state index contributed by atoms with van der Waals surface area (Å²) in [5.41, 5.74) is 0.761. The molecule has 1 aromatic rings. The highest BCUT2D eigenvalue weighted by Gasteiger charge is 2.50. The van der Waals surface area contributed by atoms with Crippen LogP contribution in [0.3, 0.4) is 0 Å². The smallest absolute Gasteiger partial charge is 0.410 e. The lowest BCUT2D eigenvalue weighted by Gasteiger charge is -2.43. The summed E-state index contributed by atoms with van der Waals surface area (Å²) in [5.74, 6) is 0. The topological polar surface area (TPSA) is 81.9 Å². The molecule has 2 unspecified atom stereocenters. The molecule has 0 aliphatic carbocycles. The fourth-order valence-corrected chi connectivity index (χ4v) is 4.32. The second-order valence-corrected chi connectivity index (χ2v) is 8.53. The summed E-state index contributed by atoms with van der Waals surface area (Å²) in [7, 11) is 0. The molecule has 3 rings (SSSR count). The number of nitro benzene ring substituents is 1. The van der Waals surface area contributed by atoms with Crippen LogP contribution in [0.25, 0.3) is 0 Å². The Labute approximate surface area is 154 Å². The first-order valence-corrected chi connectivity index (χ1v) is 9.08. The molecule has 0 radical (unpaired) electrons. The molecule has 7 nitrogen and oxygen atoms in total. The van der Waals surface area contributed by atoms with Crippen LogP contribution in [0.4, 0.5) is 10.5 Å². The van der Waals surface area contributed by atoms with Crippen molar-refractivity contribution in [2.75, 3.05) is 13.1 Å². The van der Waals surface area contributed by atoms with Gasteiger partial charge in [-0.15, -0.1) is 0 Å². The number of alkyl halides is 1. The number of ether oxygens (including phenoxy) is 2. The fraction of sp³-hybridized carbons (Fsp3) is 0.588. The molecule has 0 saturated carbocycles. The van der Waals surface area contributed by atoms with Crippen LogP contribution in [-0.4, -0.2) is 39.4 Å². The number of rotatable bonds is 1. The molecule has 2 heterocycles. The van der Waals surface area contributed by atoms with Gasteiger partial charge in [0.1, 0.15) is 11.2 Å². The zero-order valence-corrected chi connectivity index (χ0v) is 16.0. The number of nitro groups is 1. The lowest BCUT2D eigenvalue weighted by Crippen LogP contribution is -2.53. The predicted octanol–water partition coefficient (Wildman–Crippen LogP) is 3.72. The molecule has 8 heteroatoms. The Hall–Kier alpha value is -1.67. The minimum absolute atomic E-state index is 0.0664. The number of piperidine rings is 1. The van der Waals surface area contributed by atoms with Gasteiger partial charge in [-0.3, -0.25) is 10.1 Å². The molecule has 2 aliphatic rings. The Morgan fingerprint density at radius 1 is 1.48 bits per heavy atom. The van der Waals surface area contributed by atoms with E-state index < -0.39 is 16.1 Å². The van der Waals surface area contributed by atoms with Crippen molar-refractivity contribution in [2.45, 2.75) is 49.8 Å². The number of amides is 1. The van der Waals surface area contributed by atoms with Gasteiger partial charge in [0.25, 0.3) is 5.69 Å². The molecule has 2 aliphatic heterocycles. The zero-order valence-electron chi connectivity index (χ0n) is 14.5. The number of hydrogen-bond acceptors (Lipinski definition) is 5. The Bertz CT molecular complexity index is 717. The van der Waals surface area contributed by atoms with Gasteiger partial charge in [-0.25, -0.2) is 4.79 Å². The first kappa shape index (κ1) is 18.1. The highest BCUT2D eigenvalue weighted by atomic mass is 79.9. The van der Waals surface area contributed by atoms with Crippen molar-refractivity contribution < 1.29 is 19.2 Å². The number of non-ortho nitro benzene ring substituents is 1. The van der Waals surface area contributed by atoms with Crippen LogP contribution >= 0.6 is 15.9 Å². The molecule has 2 atom stereocenters. The van der Waals surface area contributed by atoms with E-state index in [4.69, 9.17) is 9.47 Å².